The summed E-state index contributed by atoms with van der Waals surface area (Å²) in [6.07, 6.45) is 3.58. The number of nitriles is 1. The van der Waals surface area contributed by atoms with Gasteiger partial charge >= 0.3 is 5.97 Å². The average molecular weight is 277 g/mol. The first-order chi connectivity index (χ1) is 9.39. The molecule has 0 aromatic heterocycles. The van der Waals surface area contributed by atoms with Gasteiger partial charge in [-0.1, -0.05) is 20.3 Å². The van der Waals surface area contributed by atoms with E-state index in [1.165, 1.54) is 0 Å². The Morgan fingerprint density at radius 2 is 2.10 bits per heavy atom. The van der Waals surface area contributed by atoms with Gasteiger partial charge in [0.05, 0.1) is 18.6 Å². The normalized spacial score (nSPS) is 35.8. The molecule has 0 saturated heterocycles. The highest BCUT2D eigenvalue weighted by Crippen LogP contribution is 2.55. The number of nitrogens with zero attached hydrogens (tertiary/aromatic N) is 1. The van der Waals surface area contributed by atoms with Crippen molar-refractivity contribution in [3.63, 3.8) is 0 Å². The van der Waals surface area contributed by atoms with E-state index in [1.54, 1.807) is 6.92 Å². The molecule has 0 aliphatic heterocycles. The van der Waals surface area contributed by atoms with E-state index in [0.29, 0.717) is 13.0 Å². The van der Waals surface area contributed by atoms with E-state index in [4.69, 9.17) is 4.74 Å². The Morgan fingerprint density at radius 1 is 1.40 bits per heavy atom. The number of ketones is 1. The Morgan fingerprint density at radius 3 is 2.70 bits per heavy atom. The Hall–Kier alpha value is -1.37. The molecule has 0 aromatic rings. The van der Waals surface area contributed by atoms with Crippen molar-refractivity contribution in [1.82, 2.24) is 0 Å². The number of carbonyl (C=O) groups is 2. The first-order valence-corrected chi connectivity index (χ1v) is 7.52. The van der Waals surface area contributed by atoms with Crippen molar-refractivity contribution in [2.45, 2.75) is 52.9 Å². The van der Waals surface area contributed by atoms with Crippen molar-refractivity contribution in [1.29, 1.82) is 5.26 Å². The molecule has 20 heavy (non-hydrogen) atoms. The zero-order valence-corrected chi connectivity index (χ0v) is 12.6. The van der Waals surface area contributed by atoms with E-state index in [0.717, 1.165) is 25.7 Å². The minimum absolute atomic E-state index is 0.0257. The third-order valence-corrected chi connectivity index (χ3v) is 5.09. The summed E-state index contributed by atoms with van der Waals surface area (Å²) in [4.78, 5) is 24.9. The fourth-order valence-corrected chi connectivity index (χ4v) is 4.02. The molecule has 2 aliphatic rings. The highest BCUT2D eigenvalue weighted by molar-refractivity contribution is 5.94. The molecule has 110 valence electrons. The molecular formula is C16H23NO3. The number of hydrogen-bond donors (Lipinski definition) is 0. The lowest BCUT2D eigenvalue weighted by atomic mass is 9.51. The smallest absolute Gasteiger partial charge is 0.309 e. The van der Waals surface area contributed by atoms with E-state index in [-0.39, 0.29) is 23.6 Å². The Bertz CT molecular complexity index is 463. The van der Waals surface area contributed by atoms with Crippen LogP contribution >= 0.6 is 0 Å². The van der Waals surface area contributed by atoms with Crippen LogP contribution in [0.2, 0.25) is 0 Å². The summed E-state index contributed by atoms with van der Waals surface area (Å²) < 4.78 is 5.15. The molecule has 0 bridgehead atoms. The number of hydrogen-bond acceptors (Lipinski definition) is 4. The molecular weight excluding hydrogens is 254 g/mol. The van der Waals surface area contributed by atoms with Gasteiger partial charge < -0.3 is 4.74 Å². The fourth-order valence-electron chi connectivity index (χ4n) is 4.02. The molecule has 2 fully saturated rings. The predicted octanol–water partition coefficient (Wildman–Crippen LogP) is 2.86. The zero-order chi connectivity index (χ0) is 15.0. The molecule has 0 N–H and O–H groups in total. The van der Waals surface area contributed by atoms with Gasteiger partial charge in [0, 0.05) is 5.41 Å². The summed E-state index contributed by atoms with van der Waals surface area (Å²) in [6, 6.07) is 2.29. The minimum Gasteiger partial charge on any atom is -0.466 e. The van der Waals surface area contributed by atoms with Crippen molar-refractivity contribution < 1.29 is 14.3 Å². The van der Waals surface area contributed by atoms with Crippen LogP contribution < -0.4 is 0 Å². The lowest BCUT2D eigenvalue weighted by molar-refractivity contribution is -0.160. The number of esters is 1. The highest BCUT2D eigenvalue weighted by Gasteiger charge is 2.59. The van der Waals surface area contributed by atoms with Crippen molar-refractivity contribution in [3.8, 4) is 6.07 Å². The van der Waals surface area contributed by atoms with Crippen LogP contribution in [0.25, 0.3) is 0 Å². The van der Waals surface area contributed by atoms with Gasteiger partial charge in [-0.05, 0) is 38.5 Å². The van der Waals surface area contributed by atoms with E-state index in [2.05, 4.69) is 6.07 Å². The molecule has 0 unspecified atom stereocenters. The molecule has 0 aromatic carbocycles. The van der Waals surface area contributed by atoms with Crippen molar-refractivity contribution >= 4 is 11.8 Å². The summed E-state index contributed by atoms with van der Waals surface area (Å²) in [5.74, 6) is -0.661. The summed E-state index contributed by atoms with van der Waals surface area (Å²) in [5, 5.41) is 9.69. The second-order valence-electron chi connectivity index (χ2n) is 6.69. The van der Waals surface area contributed by atoms with Crippen LogP contribution in [0.4, 0.5) is 0 Å². The molecule has 0 spiro atoms. The Balaban J connectivity index is 2.36. The number of fused-ring (bicyclic) bond motifs is 1. The van der Waals surface area contributed by atoms with Crippen molar-refractivity contribution in [3.05, 3.63) is 0 Å². The molecule has 0 amide bonds. The molecule has 0 radical (unpaired) electrons. The summed E-state index contributed by atoms with van der Waals surface area (Å²) in [5.41, 5.74) is -1.43. The first kappa shape index (κ1) is 15.0. The predicted molar refractivity (Wildman–Crippen MR) is 73.5 cm³/mol. The number of ether oxygens (including phenoxy) is 1. The largest absolute Gasteiger partial charge is 0.466 e. The Kier molecular flexibility index (Phi) is 3.90. The van der Waals surface area contributed by atoms with Gasteiger partial charge in [-0.2, -0.15) is 5.26 Å². The quantitative estimate of drug-likeness (QED) is 0.728. The number of carbonyl (C=O) groups excluding carboxylic acids is 2. The molecule has 3 atom stereocenters. The van der Waals surface area contributed by atoms with Crippen LogP contribution in [0.15, 0.2) is 0 Å². The Labute approximate surface area is 120 Å². The second-order valence-corrected chi connectivity index (χ2v) is 6.69. The van der Waals surface area contributed by atoms with Gasteiger partial charge in [0.2, 0.25) is 0 Å². The monoisotopic (exact) mass is 277 g/mol. The van der Waals surface area contributed by atoms with Crippen LogP contribution in [0.5, 0.6) is 0 Å². The van der Waals surface area contributed by atoms with Gasteiger partial charge in [0.15, 0.2) is 5.78 Å². The first-order valence-electron chi connectivity index (χ1n) is 7.52. The number of rotatable bonds is 2. The average Bonchev–Trinajstić information content (AvgIpc) is 2.43. The molecule has 2 saturated carbocycles. The van der Waals surface area contributed by atoms with Crippen LogP contribution in [0.3, 0.4) is 0 Å². The molecule has 2 aliphatic carbocycles. The molecule has 4 nitrogen and oxygen atoms in total. The van der Waals surface area contributed by atoms with Gasteiger partial charge in [-0.15, -0.1) is 0 Å². The summed E-state index contributed by atoms with van der Waals surface area (Å²) in [6.45, 7) is 5.96. The van der Waals surface area contributed by atoms with Gasteiger partial charge in [-0.3, -0.25) is 9.59 Å². The summed E-state index contributed by atoms with van der Waals surface area (Å²) >= 11 is 0. The molecule has 0 heterocycles. The fraction of sp³-hybridized carbons (Fsp3) is 0.812. The van der Waals surface area contributed by atoms with Gasteiger partial charge in [-0.25, -0.2) is 0 Å². The zero-order valence-electron chi connectivity index (χ0n) is 12.6. The maximum Gasteiger partial charge on any atom is 0.309 e. The summed E-state index contributed by atoms with van der Waals surface area (Å²) in [7, 11) is 0. The third kappa shape index (κ3) is 2.13. The maximum absolute atomic E-state index is 12.8. The topological polar surface area (TPSA) is 67.2 Å². The van der Waals surface area contributed by atoms with Crippen molar-refractivity contribution in [2.24, 2.45) is 22.7 Å². The number of Topliss-reactive ketones (excluding diaryl/α,β-unsaturated/α-hetero) is 1. The van der Waals surface area contributed by atoms with Crippen LogP contribution in [-0.4, -0.2) is 18.4 Å². The maximum atomic E-state index is 12.8. The highest BCUT2D eigenvalue weighted by atomic mass is 16.5. The molecule has 2 rings (SSSR count). The SMILES string of the molecule is CCOC(=O)[C@H]1CCC[C@]2(C#N)C(=O)C(C)(C)CC[C@H]12. The van der Waals surface area contributed by atoms with E-state index in [9.17, 15) is 14.9 Å². The van der Waals surface area contributed by atoms with Crippen LogP contribution in [-0.2, 0) is 14.3 Å². The standard InChI is InChI=1S/C16H23NO3/c1-4-20-13(18)11-6-5-8-16(10-17)12(11)7-9-15(2,3)14(16)19/h11-12H,4-9H2,1-3H3/t11-,12+,16+/m0/s1. The van der Waals surface area contributed by atoms with Crippen LogP contribution in [0, 0.1) is 34.0 Å². The van der Waals surface area contributed by atoms with E-state index >= 15 is 0 Å². The third-order valence-electron chi connectivity index (χ3n) is 5.09. The van der Waals surface area contributed by atoms with Crippen molar-refractivity contribution in [2.75, 3.05) is 6.61 Å². The van der Waals surface area contributed by atoms with Gasteiger partial charge in [0.1, 0.15) is 5.41 Å². The lowest BCUT2D eigenvalue weighted by Gasteiger charge is -2.49. The lowest BCUT2D eigenvalue weighted by Crippen LogP contribution is -2.54. The molecule has 4 heteroatoms. The minimum atomic E-state index is -0.975. The second kappa shape index (κ2) is 5.20. The van der Waals surface area contributed by atoms with Gasteiger partial charge in [0.25, 0.3) is 0 Å². The van der Waals surface area contributed by atoms with Crippen LogP contribution in [0.1, 0.15) is 52.9 Å². The van der Waals surface area contributed by atoms with E-state index in [1.807, 2.05) is 13.8 Å². The van der Waals surface area contributed by atoms with E-state index < -0.39 is 10.8 Å².